The molecule has 2 aromatic rings. The molecule has 0 aliphatic rings. The fraction of sp³-hybridized carbons (Fsp3) is 0.125. The van der Waals surface area contributed by atoms with Crippen LogP contribution in [-0.2, 0) is 21.9 Å². The average molecular weight is 468 g/mol. The topological polar surface area (TPSA) is 139 Å². The van der Waals surface area contributed by atoms with E-state index in [0.29, 0.717) is 36.4 Å². The zero-order chi connectivity index (χ0) is 24.4. The summed E-state index contributed by atoms with van der Waals surface area (Å²) in [5.74, 6) is -7.05. The van der Waals surface area contributed by atoms with Crippen LogP contribution in [-0.4, -0.2) is 21.8 Å². The van der Waals surface area contributed by atoms with Crippen LogP contribution in [0.1, 0.15) is 11.1 Å². The quantitative estimate of drug-likeness (QED) is 0.164. The Labute approximate surface area is 171 Å². The Kier molecular flexibility index (Phi) is 6.37. The number of esters is 2. The number of hydrogen-bond acceptors (Lipinski definition) is 8. The van der Waals surface area contributed by atoms with Crippen molar-refractivity contribution in [2.24, 2.45) is 0 Å². The Morgan fingerprint density at radius 2 is 1.00 bits per heavy atom. The van der Waals surface area contributed by atoms with Crippen LogP contribution in [0.4, 0.5) is 37.7 Å². The van der Waals surface area contributed by atoms with Crippen LogP contribution in [0.25, 0.3) is 0 Å². The van der Waals surface area contributed by atoms with Crippen LogP contribution in [0.5, 0.6) is 11.5 Å². The number of nitro groups is 2. The first-order valence-corrected chi connectivity index (χ1v) is 7.77. The van der Waals surface area contributed by atoms with Crippen LogP contribution in [0, 0.1) is 20.2 Å². The SMILES string of the molecule is O=C(Oc1cccc(C(F)(F)F)c1[N+](=O)[O-])C(=O)Oc1cccc(C(F)(F)F)c1[N+](=O)[O-]. The van der Waals surface area contributed by atoms with Gasteiger partial charge in [0.15, 0.2) is 0 Å². The zero-order valence-electron chi connectivity index (χ0n) is 14.9. The summed E-state index contributed by atoms with van der Waals surface area (Å²) in [4.78, 5) is 42.5. The number of benzene rings is 2. The lowest BCUT2D eigenvalue weighted by atomic mass is 10.1. The monoisotopic (exact) mass is 468 g/mol. The van der Waals surface area contributed by atoms with E-state index < -0.39 is 68.1 Å². The highest BCUT2D eigenvalue weighted by molar-refractivity contribution is 6.31. The third-order valence-corrected chi connectivity index (χ3v) is 3.55. The van der Waals surface area contributed by atoms with E-state index in [9.17, 15) is 56.2 Å². The van der Waals surface area contributed by atoms with Crippen LogP contribution in [0.15, 0.2) is 36.4 Å². The summed E-state index contributed by atoms with van der Waals surface area (Å²) in [6.45, 7) is 0. The van der Waals surface area contributed by atoms with Gasteiger partial charge in [-0.3, -0.25) is 20.2 Å². The first kappa shape index (κ1) is 24.0. The first-order valence-electron chi connectivity index (χ1n) is 7.77. The predicted molar refractivity (Wildman–Crippen MR) is 87.5 cm³/mol. The van der Waals surface area contributed by atoms with Gasteiger partial charge < -0.3 is 9.47 Å². The molecule has 0 unspecified atom stereocenters. The number of hydrogen-bond donors (Lipinski definition) is 0. The molecule has 0 radical (unpaired) electrons. The maximum absolute atomic E-state index is 12.9. The lowest BCUT2D eigenvalue weighted by Gasteiger charge is -2.11. The van der Waals surface area contributed by atoms with Gasteiger partial charge in [0.2, 0.25) is 11.5 Å². The Hall–Kier alpha value is -4.24. The van der Waals surface area contributed by atoms with Crippen LogP contribution in [0.3, 0.4) is 0 Å². The molecule has 0 aliphatic heterocycles. The van der Waals surface area contributed by atoms with Crippen LogP contribution >= 0.6 is 0 Å². The summed E-state index contributed by atoms with van der Waals surface area (Å²) in [5.41, 5.74) is -7.11. The molecule has 0 N–H and O–H groups in total. The molecule has 0 aromatic heterocycles. The van der Waals surface area contributed by atoms with Gasteiger partial charge in [-0.1, -0.05) is 12.1 Å². The third kappa shape index (κ3) is 5.08. The standard InChI is InChI=1S/C16H6F6N2O8/c17-15(18,19)7-3-1-5-9(11(7)23(27)28)31-13(25)14(26)32-10-6-2-4-8(16(20,21)22)12(10)24(29)30/h1-6H. The molecule has 32 heavy (non-hydrogen) atoms. The van der Waals surface area contributed by atoms with Gasteiger partial charge in [0.05, 0.1) is 9.85 Å². The lowest BCUT2D eigenvalue weighted by molar-refractivity contribution is -0.389. The minimum Gasteiger partial charge on any atom is -0.411 e. The molecular formula is C16H6F6N2O8. The van der Waals surface area contributed by atoms with Crippen molar-refractivity contribution in [1.82, 2.24) is 0 Å². The van der Waals surface area contributed by atoms with E-state index in [4.69, 9.17) is 0 Å². The van der Waals surface area contributed by atoms with Crippen molar-refractivity contribution in [2.75, 3.05) is 0 Å². The average Bonchev–Trinajstić information content (AvgIpc) is 2.65. The van der Waals surface area contributed by atoms with E-state index in [-0.39, 0.29) is 0 Å². The van der Waals surface area contributed by atoms with E-state index in [2.05, 4.69) is 9.47 Å². The normalized spacial score (nSPS) is 11.6. The Morgan fingerprint density at radius 1 is 0.688 bits per heavy atom. The molecule has 0 bridgehead atoms. The van der Waals surface area contributed by atoms with Gasteiger partial charge in [0, 0.05) is 0 Å². The highest BCUT2D eigenvalue weighted by Gasteiger charge is 2.42. The van der Waals surface area contributed by atoms with E-state index in [1.807, 2.05) is 0 Å². The molecule has 2 rings (SSSR count). The van der Waals surface area contributed by atoms with Gasteiger partial charge >= 0.3 is 35.7 Å². The number of carbonyl (C=O) groups excluding carboxylic acids is 2. The molecule has 10 nitrogen and oxygen atoms in total. The molecule has 16 heteroatoms. The number of ether oxygens (including phenoxy) is 2. The molecule has 0 saturated heterocycles. The predicted octanol–water partition coefficient (Wildman–Crippen LogP) is 4.05. The van der Waals surface area contributed by atoms with Crippen molar-refractivity contribution in [2.45, 2.75) is 12.4 Å². The number of carbonyl (C=O) groups is 2. The number of nitrogens with zero attached hydrogens (tertiary/aromatic N) is 2. The smallest absolute Gasteiger partial charge is 0.411 e. The maximum Gasteiger partial charge on any atom is 0.423 e. The Morgan fingerprint density at radius 3 is 1.25 bits per heavy atom. The summed E-state index contributed by atoms with van der Waals surface area (Å²) in [6, 6.07) is 2.87. The van der Waals surface area contributed by atoms with Gasteiger partial charge in [-0.25, -0.2) is 9.59 Å². The number of alkyl halides is 6. The summed E-state index contributed by atoms with van der Waals surface area (Å²) >= 11 is 0. The van der Waals surface area contributed by atoms with Gasteiger partial charge in [0.25, 0.3) is 0 Å². The third-order valence-electron chi connectivity index (χ3n) is 3.55. The number of halogens is 6. The van der Waals surface area contributed by atoms with Crippen molar-refractivity contribution < 1.29 is 55.3 Å². The second kappa shape index (κ2) is 8.48. The molecule has 0 aliphatic carbocycles. The minimum absolute atomic E-state index is 0.291. The fourth-order valence-corrected chi connectivity index (χ4v) is 2.33. The molecule has 0 saturated carbocycles. The van der Waals surface area contributed by atoms with E-state index in [0.717, 1.165) is 0 Å². The maximum atomic E-state index is 12.9. The molecule has 0 fully saturated rings. The Bertz CT molecular complexity index is 1030. The summed E-state index contributed by atoms with van der Waals surface area (Å²) in [5, 5.41) is 22.0. The van der Waals surface area contributed by atoms with Crippen LogP contribution in [0.2, 0.25) is 0 Å². The molecule has 170 valence electrons. The molecule has 2 aromatic carbocycles. The molecule has 0 amide bonds. The van der Waals surface area contributed by atoms with Gasteiger partial charge in [-0.15, -0.1) is 0 Å². The molecular weight excluding hydrogens is 462 g/mol. The minimum atomic E-state index is -5.25. The summed E-state index contributed by atoms with van der Waals surface area (Å²) in [6.07, 6.45) is -10.5. The van der Waals surface area contributed by atoms with E-state index in [1.165, 1.54) is 0 Å². The molecule has 0 spiro atoms. The number of rotatable bonds is 4. The highest BCUT2D eigenvalue weighted by Crippen LogP contribution is 2.42. The summed E-state index contributed by atoms with van der Waals surface area (Å²) in [7, 11) is 0. The zero-order valence-corrected chi connectivity index (χ0v) is 14.9. The van der Waals surface area contributed by atoms with E-state index in [1.54, 1.807) is 0 Å². The van der Waals surface area contributed by atoms with Crippen molar-refractivity contribution in [3.05, 3.63) is 67.8 Å². The highest BCUT2D eigenvalue weighted by atomic mass is 19.4. The second-order valence-electron chi connectivity index (χ2n) is 5.59. The second-order valence-corrected chi connectivity index (χ2v) is 5.59. The van der Waals surface area contributed by atoms with Gasteiger partial charge in [-0.05, 0) is 24.3 Å². The molecule has 0 atom stereocenters. The summed E-state index contributed by atoms with van der Waals surface area (Å²) < 4.78 is 86.1. The largest absolute Gasteiger partial charge is 0.423 e. The lowest BCUT2D eigenvalue weighted by Crippen LogP contribution is -2.26. The van der Waals surface area contributed by atoms with Crippen LogP contribution < -0.4 is 9.47 Å². The molecule has 0 heterocycles. The number of para-hydroxylation sites is 2. The van der Waals surface area contributed by atoms with Gasteiger partial charge in [0.1, 0.15) is 11.1 Å². The van der Waals surface area contributed by atoms with Crippen molar-refractivity contribution >= 4 is 23.3 Å². The number of nitro benzene ring substituents is 2. The fourth-order valence-electron chi connectivity index (χ4n) is 2.33. The van der Waals surface area contributed by atoms with Crippen molar-refractivity contribution in [3.8, 4) is 11.5 Å². The van der Waals surface area contributed by atoms with Gasteiger partial charge in [-0.2, -0.15) is 26.3 Å². The van der Waals surface area contributed by atoms with Crippen molar-refractivity contribution in [3.63, 3.8) is 0 Å². The Balaban J connectivity index is 2.39. The van der Waals surface area contributed by atoms with Crippen molar-refractivity contribution in [1.29, 1.82) is 0 Å². The van der Waals surface area contributed by atoms with E-state index >= 15 is 0 Å². The first-order chi connectivity index (χ1) is 14.6.